The molecule has 1 atom stereocenters. The molecule has 1 heterocycles. The summed E-state index contributed by atoms with van der Waals surface area (Å²) in [6, 6.07) is 10.9. The summed E-state index contributed by atoms with van der Waals surface area (Å²) in [5.41, 5.74) is 1.33. The lowest BCUT2D eigenvalue weighted by molar-refractivity contribution is 0.273. The van der Waals surface area contributed by atoms with E-state index < -0.39 is 0 Å². The molecule has 0 saturated carbocycles. The van der Waals surface area contributed by atoms with E-state index in [1.807, 2.05) is 0 Å². The fourth-order valence-corrected chi connectivity index (χ4v) is 4.26. The largest absolute Gasteiger partial charge is 0.356 e. The van der Waals surface area contributed by atoms with Crippen LogP contribution in [0.25, 0.3) is 0 Å². The van der Waals surface area contributed by atoms with Crippen molar-refractivity contribution in [3.05, 3.63) is 42.7 Å². The highest BCUT2D eigenvalue weighted by atomic mass is 15.4. The first-order chi connectivity index (χ1) is 13.9. The second-order valence-corrected chi connectivity index (χ2v) is 8.44. The maximum absolute atomic E-state index is 2.60. The number of nitrogens with zero attached hydrogens (tertiary/aromatic N) is 2. The molecule has 0 bridgehead atoms. The SMILES string of the molecule is CCCCCCCCCC1N(CCCCCCCC)C=CN1c1ccccc1. The Hall–Kier alpha value is -1.44. The number of unbranched alkanes of at least 4 members (excludes halogenated alkanes) is 11. The Morgan fingerprint density at radius 2 is 1.21 bits per heavy atom. The zero-order valence-electron chi connectivity index (χ0n) is 18.6. The van der Waals surface area contributed by atoms with Gasteiger partial charge in [-0.1, -0.05) is 103 Å². The van der Waals surface area contributed by atoms with E-state index >= 15 is 0 Å². The van der Waals surface area contributed by atoms with Crippen molar-refractivity contribution in [3.8, 4) is 0 Å². The molecule has 2 nitrogen and oxygen atoms in total. The van der Waals surface area contributed by atoms with Gasteiger partial charge in [-0.3, -0.25) is 0 Å². The summed E-state index contributed by atoms with van der Waals surface area (Å²) in [5, 5.41) is 0. The topological polar surface area (TPSA) is 6.48 Å². The molecule has 1 aliphatic rings. The van der Waals surface area contributed by atoms with Crippen molar-refractivity contribution in [3.63, 3.8) is 0 Å². The first-order valence-electron chi connectivity index (χ1n) is 12.1. The van der Waals surface area contributed by atoms with Crippen LogP contribution in [0.3, 0.4) is 0 Å². The van der Waals surface area contributed by atoms with Crippen molar-refractivity contribution >= 4 is 5.69 Å². The van der Waals surface area contributed by atoms with Gasteiger partial charge in [0.2, 0.25) is 0 Å². The average molecular weight is 385 g/mol. The van der Waals surface area contributed by atoms with Crippen LogP contribution in [0.15, 0.2) is 42.7 Å². The summed E-state index contributed by atoms with van der Waals surface area (Å²) in [6.07, 6.45) is 24.4. The quantitative estimate of drug-likeness (QED) is 0.266. The lowest BCUT2D eigenvalue weighted by atomic mass is 10.1. The molecular formula is C26H44N2. The molecule has 0 N–H and O–H groups in total. The van der Waals surface area contributed by atoms with Crippen LogP contribution >= 0.6 is 0 Å². The molecule has 28 heavy (non-hydrogen) atoms. The van der Waals surface area contributed by atoms with Gasteiger partial charge in [-0.05, 0) is 31.4 Å². The van der Waals surface area contributed by atoms with Crippen molar-refractivity contribution in [2.45, 2.75) is 110 Å². The smallest absolute Gasteiger partial charge is 0.105 e. The fourth-order valence-electron chi connectivity index (χ4n) is 4.26. The number of rotatable bonds is 16. The van der Waals surface area contributed by atoms with Crippen LogP contribution < -0.4 is 4.90 Å². The van der Waals surface area contributed by atoms with Crippen LogP contribution in [0.1, 0.15) is 104 Å². The number of para-hydroxylation sites is 1. The molecule has 2 heteroatoms. The van der Waals surface area contributed by atoms with Crippen LogP contribution in [0.2, 0.25) is 0 Å². The first-order valence-corrected chi connectivity index (χ1v) is 12.1. The summed E-state index contributed by atoms with van der Waals surface area (Å²) in [4.78, 5) is 5.10. The van der Waals surface area contributed by atoms with E-state index in [0.717, 1.165) is 0 Å². The Morgan fingerprint density at radius 1 is 0.643 bits per heavy atom. The molecular weight excluding hydrogens is 340 g/mol. The van der Waals surface area contributed by atoms with Gasteiger partial charge in [0.05, 0.1) is 0 Å². The molecule has 1 aromatic carbocycles. The van der Waals surface area contributed by atoms with Crippen LogP contribution in [0.4, 0.5) is 5.69 Å². The first kappa shape index (κ1) is 22.8. The van der Waals surface area contributed by atoms with Crippen LogP contribution in [0.5, 0.6) is 0 Å². The molecule has 1 unspecified atom stereocenters. The Labute approximate surface area is 175 Å². The molecule has 0 aromatic heterocycles. The Kier molecular flexibility index (Phi) is 11.9. The Morgan fingerprint density at radius 3 is 1.86 bits per heavy atom. The minimum Gasteiger partial charge on any atom is -0.356 e. The maximum atomic E-state index is 2.60. The highest BCUT2D eigenvalue weighted by Crippen LogP contribution is 2.28. The van der Waals surface area contributed by atoms with Gasteiger partial charge >= 0.3 is 0 Å². The third-order valence-electron chi connectivity index (χ3n) is 6.01. The summed E-state index contributed by atoms with van der Waals surface area (Å²) in [5.74, 6) is 0. The van der Waals surface area contributed by atoms with Crippen molar-refractivity contribution in [1.82, 2.24) is 4.90 Å². The third kappa shape index (κ3) is 8.29. The minimum absolute atomic E-state index is 0.508. The number of hydrogen-bond acceptors (Lipinski definition) is 2. The zero-order valence-corrected chi connectivity index (χ0v) is 18.6. The highest BCUT2D eigenvalue weighted by molar-refractivity contribution is 5.51. The van der Waals surface area contributed by atoms with E-state index in [2.05, 4.69) is 66.4 Å². The lowest BCUT2D eigenvalue weighted by Crippen LogP contribution is -2.39. The van der Waals surface area contributed by atoms with Crippen molar-refractivity contribution < 1.29 is 0 Å². The standard InChI is InChI=1S/C26H44N2/c1-3-5-7-9-11-12-17-21-26-27(22-18-13-10-8-6-4-2)23-24-28(26)25-19-15-14-16-20-25/h14-16,19-20,23-24,26H,3-13,17-18,21-22H2,1-2H3. The van der Waals surface area contributed by atoms with Crippen molar-refractivity contribution in [2.24, 2.45) is 0 Å². The van der Waals surface area contributed by atoms with Crippen LogP contribution in [0, 0.1) is 0 Å². The van der Waals surface area contributed by atoms with Gasteiger partial charge in [-0.15, -0.1) is 0 Å². The molecule has 0 amide bonds. The molecule has 0 fully saturated rings. The summed E-state index contributed by atoms with van der Waals surface area (Å²) in [7, 11) is 0. The van der Waals surface area contributed by atoms with Gasteiger partial charge in [-0.2, -0.15) is 0 Å². The van der Waals surface area contributed by atoms with E-state index in [4.69, 9.17) is 0 Å². The van der Waals surface area contributed by atoms with E-state index in [9.17, 15) is 0 Å². The van der Waals surface area contributed by atoms with Crippen molar-refractivity contribution in [2.75, 3.05) is 11.4 Å². The minimum atomic E-state index is 0.508. The molecule has 1 aromatic rings. The monoisotopic (exact) mass is 384 g/mol. The zero-order chi connectivity index (χ0) is 19.9. The van der Waals surface area contributed by atoms with Gasteiger partial charge in [-0.25, -0.2) is 0 Å². The van der Waals surface area contributed by atoms with E-state index in [-0.39, 0.29) is 0 Å². The van der Waals surface area contributed by atoms with E-state index in [0.29, 0.717) is 6.17 Å². The predicted octanol–water partition coefficient (Wildman–Crippen LogP) is 8.11. The normalized spacial score (nSPS) is 16.3. The summed E-state index contributed by atoms with van der Waals surface area (Å²) >= 11 is 0. The van der Waals surface area contributed by atoms with E-state index in [1.54, 1.807) is 0 Å². The lowest BCUT2D eigenvalue weighted by Gasteiger charge is -2.33. The molecule has 0 aliphatic carbocycles. The fraction of sp³-hybridized carbons (Fsp3) is 0.692. The summed E-state index contributed by atoms with van der Waals surface area (Å²) in [6.45, 7) is 5.79. The van der Waals surface area contributed by atoms with Gasteiger partial charge in [0.15, 0.2) is 0 Å². The van der Waals surface area contributed by atoms with Crippen LogP contribution in [-0.2, 0) is 0 Å². The second-order valence-electron chi connectivity index (χ2n) is 8.44. The predicted molar refractivity (Wildman–Crippen MR) is 125 cm³/mol. The van der Waals surface area contributed by atoms with Crippen molar-refractivity contribution in [1.29, 1.82) is 0 Å². The molecule has 0 spiro atoms. The number of hydrogen-bond donors (Lipinski definition) is 0. The van der Waals surface area contributed by atoms with Gasteiger partial charge in [0.1, 0.15) is 6.17 Å². The number of benzene rings is 1. The molecule has 158 valence electrons. The van der Waals surface area contributed by atoms with Gasteiger partial charge < -0.3 is 9.80 Å². The molecule has 0 saturated heterocycles. The molecule has 0 radical (unpaired) electrons. The average Bonchev–Trinajstić information content (AvgIpc) is 3.13. The number of anilines is 1. The summed E-state index contributed by atoms with van der Waals surface area (Å²) < 4.78 is 0. The third-order valence-corrected chi connectivity index (χ3v) is 6.01. The molecule has 2 rings (SSSR count). The van der Waals surface area contributed by atoms with Crippen LogP contribution in [-0.4, -0.2) is 17.6 Å². The van der Waals surface area contributed by atoms with Gasteiger partial charge in [0, 0.05) is 24.6 Å². The van der Waals surface area contributed by atoms with E-state index in [1.165, 1.54) is 102 Å². The highest BCUT2D eigenvalue weighted by Gasteiger charge is 2.26. The van der Waals surface area contributed by atoms with Gasteiger partial charge in [0.25, 0.3) is 0 Å². The second kappa shape index (κ2) is 14.5. The molecule has 1 aliphatic heterocycles. The Balaban J connectivity index is 1.78. The Bertz CT molecular complexity index is 510. The maximum Gasteiger partial charge on any atom is 0.105 e.